The van der Waals surface area contributed by atoms with Crippen LogP contribution in [-0.4, -0.2) is 42.1 Å². The number of rotatable bonds is 4. The van der Waals surface area contributed by atoms with Gasteiger partial charge >= 0.3 is 0 Å². The van der Waals surface area contributed by atoms with Crippen LogP contribution in [0.3, 0.4) is 0 Å². The Balaban J connectivity index is 2.60. The number of carbonyl (C=O) groups is 1. The molecular formula is C11H20N2O2S. The third-order valence-electron chi connectivity index (χ3n) is 2.75. The van der Waals surface area contributed by atoms with Gasteiger partial charge in [0.2, 0.25) is 5.91 Å². The molecule has 0 radical (unpaired) electrons. The molecule has 1 heterocycles. The molecule has 1 unspecified atom stereocenters. The zero-order valence-electron chi connectivity index (χ0n) is 9.78. The molecule has 1 amide bonds. The van der Waals surface area contributed by atoms with E-state index in [9.17, 15) is 4.79 Å². The van der Waals surface area contributed by atoms with Crippen LogP contribution in [0.5, 0.6) is 0 Å². The molecule has 0 aromatic carbocycles. The number of nitrogens with zero attached hydrogens (tertiary/aromatic N) is 1. The minimum atomic E-state index is -0.293. The Labute approximate surface area is 102 Å². The van der Waals surface area contributed by atoms with Crippen LogP contribution in [0.4, 0.5) is 0 Å². The van der Waals surface area contributed by atoms with Crippen molar-refractivity contribution in [2.24, 2.45) is 11.7 Å². The summed E-state index contributed by atoms with van der Waals surface area (Å²) in [6, 6.07) is 0. The standard InChI is InChI=1S/C11H20N2O2S/c1-2-4-9(10(12)16)11(14)13-5-3-7-15-8-6-13/h9H,2-8H2,1H3,(H2,12,16). The molecule has 2 N–H and O–H groups in total. The molecule has 1 aliphatic rings. The second kappa shape index (κ2) is 6.81. The molecule has 1 aliphatic heterocycles. The smallest absolute Gasteiger partial charge is 0.232 e. The first-order chi connectivity index (χ1) is 7.66. The van der Waals surface area contributed by atoms with Crippen molar-refractivity contribution < 1.29 is 9.53 Å². The number of hydrogen-bond acceptors (Lipinski definition) is 3. The van der Waals surface area contributed by atoms with E-state index in [-0.39, 0.29) is 11.8 Å². The maximum absolute atomic E-state index is 12.2. The molecular weight excluding hydrogens is 224 g/mol. The zero-order chi connectivity index (χ0) is 12.0. The van der Waals surface area contributed by atoms with Crippen LogP contribution in [-0.2, 0) is 9.53 Å². The Morgan fingerprint density at radius 1 is 1.50 bits per heavy atom. The highest BCUT2D eigenvalue weighted by Gasteiger charge is 2.26. The molecule has 1 atom stereocenters. The van der Waals surface area contributed by atoms with Crippen LogP contribution in [0, 0.1) is 5.92 Å². The van der Waals surface area contributed by atoms with E-state index in [4.69, 9.17) is 22.7 Å². The Morgan fingerprint density at radius 2 is 2.25 bits per heavy atom. The molecule has 1 fully saturated rings. The van der Waals surface area contributed by atoms with E-state index in [1.165, 1.54) is 0 Å². The average molecular weight is 244 g/mol. The minimum Gasteiger partial charge on any atom is -0.393 e. The van der Waals surface area contributed by atoms with Gasteiger partial charge in [-0.2, -0.15) is 0 Å². The Morgan fingerprint density at radius 3 is 2.88 bits per heavy atom. The molecule has 1 saturated heterocycles. The second-order valence-corrected chi connectivity index (χ2v) is 4.51. The molecule has 16 heavy (non-hydrogen) atoms. The lowest BCUT2D eigenvalue weighted by Gasteiger charge is -2.24. The zero-order valence-corrected chi connectivity index (χ0v) is 10.6. The van der Waals surface area contributed by atoms with Crippen LogP contribution in [0.15, 0.2) is 0 Å². The third-order valence-corrected chi connectivity index (χ3v) is 3.04. The molecule has 0 spiro atoms. The molecule has 0 saturated carbocycles. The van der Waals surface area contributed by atoms with Crippen molar-refractivity contribution in [2.45, 2.75) is 26.2 Å². The van der Waals surface area contributed by atoms with Gasteiger partial charge in [-0.1, -0.05) is 25.6 Å². The second-order valence-electron chi connectivity index (χ2n) is 4.03. The van der Waals surface area contributed by atoms with Crippen LogP contribution < -0.4 is 5.73 Å². The third kappa shape index (κ3) is 3.72. The Bertz CT molecular complexity index is 250. The van der Waals surface area contributed by atoms with Crippen molar-refractivity contribution in [3.63, 3.8) is 0 Å². The number of amides is 1. The van der Waals surface area contributed by atoms with Gasteiger partial charge in [-0.05, 0) is 12.8 Å². The van der Waals surface area contributed by atoms with E-state index in [2.05, 4.69) is 0 Å². The summed E-state index contributed by atoms with van der Waals surface area (Å²) in [7, 11) is 0. The van der Waals surface area contributed by atoms with Gasteiger partial charge in [0.1, 0.15) is 0 Å². The lowest BCUT2D eigenvalue weighted by molar-refractivity contribution is -0.133. The summed E-state index contributed by atoms with van der Waals surface area (Å²) < 4.78 is 5.32. The van der Waals surface area contributed by atoms with E-state index in [1.807, 2.05) is 11.8 Å². The highest BCUT2D eigenvalue weighted by Crippen LogP contribution is 2.13. The highest BCUT2D eigenvalue weighted by atomic mass is 32.1. The SMILES string of the molecule is CCCC(C(=O)N1CCCOCC1)C(N)=S. The molecule has 0 aromatic rings. The van der Waals surface area contributed by atoms with E-state index >= 15 is 0 Å². The normalized spacial score (nSPS) is 18.9. The van der Waals surface area contributed by atoms with Gasteiger partial charge in [0, 0.05) is 19.7 Å². The lowest BCUT2D eigenvalue weighted by atomic mass is 10.0. The van der Waals surface area contributed by atoms with Crippen LogP contribution >= 0.6 is 12.2 Å². The average Bonchev–Trinajstić information content (AvgIpc) is 2.53. The number of thiocarbonyl (C=S) groups is 1. The lowest BCUT2D eigenvalue weighted by Crippen LogP contribution is -2.42. The van der Waals surface area contributed by atoms with Crippen molar-refractivity contribution in [3.05, 3.63) is 0 Å². The monoisotopic (exact) mass is 244 g/mol. The van der Waals surface area contributed by atoms with Crippen molar-refractivity contribution in [2.75, 3.05) is 26.3 Å². The summed E-state index contributed by atoms with van der Waals surface area (Å²) in [6.07, 6.45) is 2.55. The first kappa shape index (κ1) is 13.4. The Hall–Kier alpha value is -0.680. The van der Waals surface area contributed by atoms with E-state index in [0.717, 1.165) is 32.4 Å². The maximum Gasteiger partial charge on any atom is 0.232 e. The quantitative estimate of drug-likeness (QED) is 0.748. The van der Waals surface area contributed by atoms with Gasteiger partial charge in [0.25, 0.3) is 0 Å². The first-order valence-corrected chi connectivity index (χ1v) is 6.23. The summed E-state index contributed by atoms with van der Waals surface area (Å²) in [5.74, 6) is -0.224. The summed E-state index contributed by atoms with van der Waals surface area (Å²) in [4.78, 5) is 14.3. The number of nitrogens with two attached hydrogens (primary N) is 1. The molecule has 0 aliphatic carbocycles. The first-order valence-electron chi connectivity index (χ1n) is 5.82. The van der Waals surface area contributed by atoms with Gasteiger partial charge in [-0.3, -0.25) is 4.79 Å². The predicted octanol–water partition coefficient (Wildman–Crippen LogP) is 0.938. The van der Waals surface area contributed by atoms with Crippen molar-refractivity contribution >= 4 is 23.1 Å². The summed E-state index contributed by atoms with van der Waals surface area (Å²) in [6.45, 7) is 4.78. The minimum absolute atomic E-state index is 0.0693. The number of ether oxygens (including phenoxy) is 1. The van der Waals surface area contributed by atoms with Gasteiger partial charge in [0.15, 0.2) is 0 Å². The maximum atomic E-state index is 12.2. The molecule has 92 valence electrons. The molecule has 5 heteroatoms. The fourth-order valence-electron chi connectivity index (χ4n) is 1.86. The predicted molar refractivity (Wildman–Crippen MR) is 67.2 cm³/mol. The fraction of sp³-hybridized carbons (Fsp3) is 0.818. The number of hydrogen-bond donors (Lipinski definition) is 1. The van der Waals surface area contributed by atoms with Gasteiger partial charge in [0.05, 0.1) is 17.5 Å². The topological polar surface area (TPSA) is 55.6 Å². The number of carbonyl (C=O) groups excluding carboxylic acids is 1. The molecule has 4 nitrogen and oxygen atoms in total. The van der Waals surface area contributed by atoms with E-state index in [0.29, 0.717) is 18.1 Å². The van der Waals surface area contributed by atoms with E-state index in [1.54, 1.807) is 0 Å². The van der Waals surface area contributed by atoms with Crippen molar-refractivity contribution in [1.29, 1.82) is 0 Å². The Kier molecular flexibility index (Phi) is 5.69. The van der Waals surface area contributed by atoms with Gasteiger partial charge < -0.3 is 15.4 Å². The summed E-state index contributed by atoms with van der Waals surface area (Å²) in [5.41, 5.74) is 5.62. The van der Waals surface area contributed by atoms with Crippen molar-refractivity contribution in [1.82, 2.24) is 4.90 Å². The van der Waals surface area contributed by atoms with Crippen LogP contribution in [0.1, 0.15) is 26.2 Å². The summed E-state index contributed by atoms with van der Waals surface area (Å²) >= 11 is 4.96. The molecule has 0 aromatic heterocycles. The molecule has 0 bridgehead atoms. The van der Waals surface area contributed by atoms with Gasteiger partial charge in [-0.15, -0.1) is 0 Å². The fourth-order valence-corrected chi connectivity index (χ4v) is 2.08. The van der Waals surface area contributed by atoms with Crippen LogP contribution in [0.2, 0.25) is 0 Å². The highest BCUT2D eigenvalue weighted by molar-refractivity contribution is 7.80. The van der Waals surface area contributed by atoms with Crippen molar-refractivity contribution in [3.8, 4) is 0 Å². The van der Waals surface area contributed by atoms with Gasteiger partial charge in [-0.25, -0.2) is 0 Å². The van der Waals surface area contributed by atoms with E-state index < -0.39 is 0 Å². The molecule has 1 rings (SSSR count). The largest absolute Gasteiger partial charge is 0.393 e. The summed E-state index contributed by atoms with van der Waals surface area (Å²) in [5, 5.41) is 0. The van der Waals surface area contributed by atoms with Crippen LogP contribution in [0.25, 0.3) is 0 Å².